The highest BCUT2D eigenvalue weighted by Gasteiger charge is 2.23. The normalized spacial score (nSPS) is 14.0. The van der Waals surface area contributed by atoms with Gasteiger partial charge in [-0.25, -0.2) is 0 Å². The number of hydrogen-bond donors (Lipinski definition) is 4. The molecule has 0 spiro atoms. The molecule has 2 heterocycles. The van der Waals surface area contributed by atoms with Crippen LogP contribution in [0.4, 0.5) is 11.4 Å². The van der Waals surface area contributed by atoms with Gasteiger partial charge >= 0.3 is 0 Å². The van der Waals surface area contributed by atoms with E-state index in [4.69, 9.17) is 14.9 Å². The Balaban J connectivity index is 1.83. The van der Waals surface area contributed by atoms with Gasteiger partial charge < -0.3 is 35.4 Å². The summed E-state index contributed by atoms with van der Waals surface area (Å²) in [6.07, 6.45) is 9.97. The lowest BCUT2D eigenvalue weighted by Crippen LogP contribution is -2.41. The Bertz CT molecular complexity index is 1130. The Hall–Kier alpha value is -3.70. The van der Waals surface area contributed by atoms with Gasteiger partial charge in [-0.15, -0.1) is 0 Å². The number of pyridine rings is 1. The highest BCUT2D eigenvalue weighted by molar-refractivity contribution is 5.97. The maximum Gasteiger partial charge on any atom is 0.255 e. The number of fused-ring (bicyclic) bond motifs is 3. The Labute approximate surface area is 248 Å². The second kappa shape index (κ2) is 18.7. The molecule has 11 nitrogen and oxygen atoms in total. The molecule has 1 aliphatic heterocycles. The summed E-state index contributed by atoms with van der Waals surface area (Å²) in [6, 6.07) is 9.20. The van der Waals surface area contributed by atoms with Crippen molar-refractivity contribution in [1.82, 2.24) is 20.5 Å². The number of ether oxygens (including phenoxy) is 1. The van der Waals surface area contributed by atoms with Crippen LogP contribution in [-0.4, -0.2) is 90.4 Å². The number of nitrogens with zero attached hydrogens (tertiary/aromatic N) is 3. The molecule has 3 rings (SSSR count). The van der Waals surface area contributed by atoms with Crippen LogP contribution < -0.4 is 20.3 Å². The van der Waals surface area contributed by atoms with Crippen molar-refractivity contribution < 1.29 is 29.3 Å². The first-order chi connectivity index (χ1) is 20.5. The van der Waals surface area contributed by atoms with Gasteiger partial charge in [0.05, 0.1) is 36.3 Å². The first-order valence-electron chi connectivity index (χ1n) is 15.0. The number of aliphatic hydroxyl groups excluding tert-OH is 2. The molecule has 0 saturated carbocycles. The minimum absolute atomic E-state index is 0.0118. The van der Waals surface area contributed by atoms with Gasteiger partial charge in [0, 0.05) is 39.0 Å². The van der Waals surface area contributed by atoms with E-state index in [-0.39, 0.29) is 44.0 Å². The van der Waals surface area contributed by atoms with Gasteiger partial charge in [0.1, 0.15) is 12.3 Å². The van der Waals surface area contributed by atoms with Gasteiger partial charge in [-0.2, -0.15) is 0 Å². The highest BCUT2D eigenvalue weighted by Crippen LogP contribution is 2.34. The van der Waals surface area contributed by atoms with Crippen molar-refractivity contribution in [3.8, 4) is 5.75 Å². The van der Waals surface area contributed by atoms with E-state index in [0.717, 1.165) is 44.9 Å². The fourth-order valence-corrected chi connectivity index (χ4v) is 4.72. The Morgan fingerprint density at radius 2 is 1.55 bits per heavy atom. The molecule has 0 radical (unpaired) electrons. The van der Waals surface area contributed by atoms with Crippen LogP contribution in [0.25, 0.3) is 0 Å². The molecule has 230 valence electrons. The van der Waals surface area contributed by atoms with Crippen LogP contribution in [0.2, 0.25) is 0 Å². The third-order valence-corrected chi connectivity index (χ3v) is 7.01. The van der Waals surface area contributed by atoms with Crippen molar-refractivity contribution in [1.29, 1.82) is 0 Å². The van der Waals surface area contributed by atoms with Gasteiger partial charge in [-0.3, -0.25) is 19.4 Å². The summed E-state index contributed by atoms with van der Waals surface area (Å²) < 4.78 is 6.15. The number of amides is 3. The predicted molar refractivity (Wildman–Crippen MR) is 161 cm³/mol. The number of unbranched alkanes of at least 4 members (excludes halogenated alkanes) is 4. The first-order valence-corrected chi connectivity index (χ1v) is 15.0. The lowest BCUT2D eigenvalue weighted by Gasteiger charge is -2.28. The van der Waals surface area contributed by atoms with Gasteiger partial charge in [0.15, 0.2) is 0 Å². The molecule has 1 aliphatic rings. The van der Waals surface area contributed by atoms with Crippen LogP contribution in [-0.2, 0) is 9.59 Å². The molecule has 3 amide bonds. The van der Waals surface area contributed by atoms with E-state index in [9.17, 15) is 14.4 Å². The van der Waals surface area contributed by atoms with Gasteiger partial charge in [-0.1, -0.05) is 12.1 Å². The number of nitrogens with one attached hydrogen (secondary N) is 2. The second-order valence-corrected chi connectivity index (χ2v) is 10.4. The monoisotopic (exact) mass is 583 g/mol. The van der Waals surface area contributed by atoms with Crippen LogP contribution >= 0.6 is 0 Å². The van der Waals surface area contributed by atoms with E-state index in [2.05, 4.69) is 15.6 Å². The largest absolute Gasteiger partial charge is 0.491 e. The van der Waals surface area contributed by atoms with Gasteiger partial charge in [-0.05, 0) is 76.0 Å². The molecule has 0 atom stereocenters. The number of benzene rings is 1. The van der Waals surface area contributed by atoms with E-state index in [1.807, 2.05) is 24.3 Å². The zero-order valence-corrected chi connectivity index (χ0v) is 24.4. The molecule has 2 aromatic rings. The van der Waals surface area contributed by atoms with Crippen molar-refractivity contribution in [2.45, 2.75) is 57.8 Å². The Kier molecular flexibility index (Phi) is 14.6. The second-order valence-electron chi connectivity index (χ2n) is 10.4. The zero-order valence-electron chi connectivity index (χ0n) is 24.4. The van der Waals surface area contributed by atoms with Crippen molar-refractivity contribution in [3.05, 3.63) is 48.3 Å². The van der Waals surface area contributed by atoms with E-state index in [1.165, 1.54) is 6.20 Å². The fraction of sp³-hybridized carbons (Fsp3) is 0.548. The lowest BCUT2D eigenvalue weighted by atomic mass is 10.1. The minimum atomic E-state index is -0.297. The number of hydrogen-bond acceptors (Lipinski definition) is 8. The van der Waals surface area contributed by atoms with E-state index >= 15 is 0 Å². The standard InChI is InChI=1S/C31H45N5O6/c37-17-9-1-6-14-33-29(39)23-35-16-8-3-11-19-42-28-13-5-4-12-27(28)36(24-30(40)34-15-7-2-10-18-38)26-20-25(31(35)41)21-32-22-26/h4-5,12-13,20-22,37-38H,1-3,6-11,14-19,23-24H2,(H,33,39)(H,34,40). The third kappa shape index (κ3) is 10.9. The number of aromatic nitrogens is 1. The van der Waals surface area contributed by atoms with E-state index < -0.39 is 0 Å². The smallest absolute Gasteiger partial charge is 0.255 e. The van der Waals surface area contributed by atoms with Gasteiger partial charge in [0.25, 0.3) is 5.91 Å². The Morgan fingerprint density at radius 1 is 0.857 bits per heavy atom. The third-order valence-electron chi connectivity index (χ3n) is 7.01. The number of carbonyl (C=O) groups is 3. The van der Waals surface area contributed by atoms with Crippen molar-refractivity contribution in [3.63, 3.8) is 0 Å². The SMILES string of the molecule is O=C(CN1CCCCCOc2ccccc2N(CC(=O)NCCCCCO)c2cncc(c2)C1=O)NCCCCCO. The minimum Gasteiger partial charge on any atom is -0.491 e. The molecule has 42 heavy (non-hydrogen) atoms. The Morgan fingerprint density at radius 3 is 2.26 bits per heavy atom. The summed E-state index contributed by atoms with van der Waals surface area (Å²) >= 11 is 0. The fourth-order valence-electron chi connectivity index (χ4n) is 4.72. The summed E-state index contributed by atoms with van der Waals surface area (Å²) in [5.74, 6) is -0.0787. The highest BCUT2D eigenvalue weighted by atomic mass is 16.5. The summed E-state index contributed by atoms with van der Waals surface area (Å²) in [7, 11) is 0. The zero-order chi connectivity index (χ0) is 30.0. The lowest BCUT2D eigenvalue weighted by molar-refractivity contribution is -0.122. The number of carbonyl (C=O) groups excluding carboxylic acids is 3. The molecule has 1 aromatic carbocycles. The molecular weight excluding hydrogens is 538 g/mol. The molecule has 4 N–H and O–H groups in total. The first kappa shape index (κ1) is 32.8. The van der Waals surface area contributed by atoms with Crippen LogP contribution in [0.3, 0.4) is 0 Å². The van der Waals surface area contributed by atoms with Crippen LogP contribution in [0.1, 0.15) is 68.1 Å². The average molecular weight is 584 g/mol. The number of anilines is 2. The molecule has 0 unspecified atom stereocenters. The maximum absolute atomic E-state index is 13.7. The quantitative estimate of drug-likeness (QED) is 0.249. The van der Waals surface area contributed by atoms with Crippen molar-refractivity contribution in [2.24, 2.45) is 0 Å². The molecule has 0 fully saturated rings. The molecule has 0 aliphatic carbocycles. The van der Waals surface area contributed by atoms with Gasteiger partial charge in [0.2, 0.25) is 11.8 Å². The molecule has 0 saturated heterocycles. The van der Waals surface area contributed by atoms with E-state index in [0.29, 0.717) is 61.8 Å². The average Bonchev–Trinajstić information content (AvgIpc) is 3.00. The molecule has 11 heteroatoms. The molecule has 1 aromatic heterocycles. The topological polar surface area (TPSA) is 144 Å². The summed E-state index contributed by atoms with van der Waals surface area (Å²) in [4.78, 5) is 47.0. The number of para-hydroxylation sites is 2. The number of rotatable bonds is 14. The van der Waals surface area contributed by atoms with Crippen molar-refractivity contribution >= 4 is 29.1 Å². The van der Waals surface area contributed by atoms with Crippen LogP contribution in [0.5, 0.6) is 5.75 Å². The number of aliphatic hydroxyl groups is 2. The predicted octanol–water partition coefficient (Wildman–Crippen LogP) is 2.78. The van der Waals surface area contributed by atoms with Crippen LogP contribution in [0, 0.1) is 0 Å². The van der Waals surface area contributed by atoms with Crippen molar-refractivity contribution in [2.75, 3.05) is 57.4 Å². The maximum atomic E-state index is 13.7. The summed E-state index contributed by atoms with van der Waals surface area (Å²) in [6.45, 7) is 2.07. The van der Waals surface area contributed by atoms with E-state index in [1.54, 1.807) is 22.1 Å². The molecular formula is C31H45N5O6. The van der Waals surface area contributed by atoms with Crippen LogP contribution in [0.15, 0.2) is 42.7 Å². The summed E-state index contributed by atoms with van der Waals surface area (Å²) in [5.41, 5.74) is 1.57. The molecule has 2 bridgehead atoms. The summed E-state index contributed by atoms with van der Waals surface area (Å²) in [5, 5.41) is 23.7.